The Bertz CT molecular complexity index is 117. The second kappa shape index (κ2) is 10.7. The highest BCUT2D eigenvalue weighted by atomic mass is 15.0. The zero-order chi connectivity index (χ0) is 10.6. The summed E-state index contributed by atoms with van der Waals surface area (Å²) in [6.45, 7) is 11.0. The molecule has 1 heterocycles. The lowest BCUT2D eigenvalue weighted by Crippen LogP contribution is -2.48. The zero-order valence-corrected chi connectivity index (χ0v) is 9.81. The van der Waals surface area contributed by atoms with Crippen LogP contribution in [0.25, 0.3) is 0 Å². The van der Waals surface area contributed by atoms with Gasteiger partial charge in [-0.3, -0.25) is 0 Å². The first-order valence-electron chi connectivity index (χ1n) is 5.86. The number of unbranched alkanes of at least 4 members (excludes halogenated alkanes) is 2. The molecule has 1 rings (SSSR count). The van der Waals surface area contributed by atoms with Gasteiger partial charge in [-0.2, -0.15) is 0 Å². The molecule has 0 aromatic rings. The summed E-state index contributed by atoms with van der Waals surface area (Å²) in [6.07, 6.45) is 7.20. The molecule has 1 aliphatic rings. The standard InChI is InChI=1S/C9H20N2.C3H6/c1-2-3-4-5-9-8-10-6-7-11-9;1-3-2/h9-11H,2-8H2,1H3;3H,1H2,2H3. The molecule has 2 nitrogen and oxygen atoms in total. The van der Waals surface area contributed by atoms with E-state index in [4.69, 9.17) is 0 Å². The van der Waals surface area contributed by atoms with Gasteiger partial charge in [0.1, 0.15) is 0 Å². The number of hydrogen-bond donors (Lipinski definition) is 2. The van der Waals surface area contributed by atoms with Gasteiger partial charge in [0.25, 0.3) is 0 Å². The van der Waals surface area contributed by atoms with Crippen LogP contribution >= 0.6 is 0 Å². The summed E-state index contributed by atoms with van der Waals surface area (Å²) in [4.78, 5) is 0. The van der Waals surface area contributed by atoms with Crippen molar-refractivity contribution in [2.45, 2.75) is 45.6 Å². The summed E-state index contributed by atoms with van der Waals surface area (Å²) in [5, 5.41) is 6.91. The molecule has 0 aliphatic carbocycles. The topological polar surface area (TPSA) is 24.1 Å². The van der Waals surface area contributed by atoms with Crippen LogP contribution in [0.5, 0.6) is 0 Å². The van der Waals surface area contributed by atoms with E-state index in [9.17, 15) is 0 Å². The smallest absolute Gasteiger partial charge is 0.0193 e. The van der Waals surface area contributed by atoms with Crippen LogP contribution in [-0.2, 0) is 0 Å². The normalized spacial score (nSPS) is 20.9. The summed E-state index contributed by atoms with van der Waals surface area (Å²) in [5.74, 6) is 0. The maximum Gasteiger partial charge on any atom is 0.0193 e. The van der Waals surface area contributed by atoms with Gasteiger partial charge >= 0.3 is 0 Å². The molecule has 1 atom stereocenters. The molecule has 0 saturated carbocycles. The Morgan fingerprint density at radius 2 is 2.07 bits per heavy atom. The third-order valence-electron chi connectivity index (χ3n) is 2.28. The second-order valence-electron chi connectivity index (χ2n) is 3.76. The SMILES string of the molecule is C=CC.CCCCCC1CNCCN1. The van der Waals surface area contributed by atoms with E-state index in [1.54, 1.807) is 6.08 Å². The lowest BCUT2D eigenvalue weighted by atomic mass is 10.1. The number of hydrogen-bond acceptors (Lipinski definition) is 2. The highest BCUT2D eigenvalue weighted by Gasteiger charge is 2.09. The van der Waals surface area contributed by atoms with Gasteiger partial charge in [-0.1, -0.05) is 32.3 Å². The molecule has 14 heavy (non-hydrogen) atoms. The first-order valence-corrected chi connectivity index (χ1v) is 5.86. The maximum absolute atomic E-state index is 3.52. The molecule has 0 bridgehead atoms. The number of nitrogens with one attached hydrogen (secondary N) is 2. The summed E-state index contributed by atoms with van der Waals surface area (Å²) >= 11 is 0. The van der Waals surface area contributed by atoms with Crippen molar-refractivity contribution in [2.75, 3.05) is 19.6 Å². The second-order valence-corrected chi connectivity index (χ2v) is 3.76. The van der Waals surface area contributed by atoms with E-state index in [1.165, 1.54) is 32.2 Å². The van der Waals surface area contributed by atoms with E-state index >= 15 is 0 Å². The summed E-state index contributed by atoms with van der Waals surface area (Å²) in [7, 11) is 0. The highest BCUT2D eigenvalue weighted by molar-refractivity contribution is 4.74. The van der Waals surface area contributed by atoms with Crippen molar-refractivity contribution in [3.05, 3.63) is 12.7 Å². The molecule has 0 aromatic carbocycles. The fourth-order valence-corrected chi connectivity index (χ4v) is 1.56. The van der Waals surface area contributed by atoms with Crippen LogP contribution in [0.4, 0.5) is 0 Å². The molecule has 0 radical (unpaired) electrons. The Morgan fingerprint density at radius 3 is 2.57 bits per heavy atom. The first-order chi connectivity index (χ1) is 6.85. The Kier molecular flexibility index (Phi) is 10.5. The lowest BCUT2D eigenvalue weighted by Gasteiger charge is -2.24. The van der Waals surface area contributed by atoms with E-state index in [0.29, 0.717) is 0 Å². The molecule has 1 fully saturated rings. The van der Waals surface area contributed by atoms with Crippen LogP contribution in [-0.4, -0.2) is 25.7 Å². The van der Waals surface area contributed by atoms with E-state index in [1.807, 2.05) is 6.92 Å². The van der Waals surface area contributed by atoms with E-state index in [2.05, 4.69) is 24.1 Å². The molecule has 0 spiro atoms. The van der Waals surface area contributed by atoms with Gasteiger partial charge in [-0.25, -0.2) is 0 Å². The highest BCUT2D eigenvalue weighted by Crippen LogP contribution is 2.03. The molecule has 0 aromatic heterocycles. The van der Waals surface area contributed by atoms with Crippen molar-refractivity contribution in [3.63, 3.8) is 0 Å². The summed E-state index contributed by atoms with van der Waals surface area (Å²) in [6, 6.07) is 0.746. The molecule has 2 heteroatoms. The Labute approximate surface area is 89.2 Å². The molecule has 1 saturated heterocycles. The molecule has 84 valence electrons. The van der Waals surface area contributed by atoms with Gasteiger partial charge in [0.2, 0.25) is 0 Å². The minimum absolute atomic E-state index is 0.746. The minimum atomic E-state index is 0.746. The van der Waals surface area contributed by atoms with Gasteiger partial charge < -0.3 is 10.6 Å². The molecule has 1 unspecified atom stereocenters. The Balaban J connectivity index is 0.000000500. The Morgan fingerprint density at radius 1 is 1.36 bits per heavy atom. The minimum Gasteiger partial charge on any atom is -0.314 e. The van der Waals surface area contributed by atoms with Crippen molar-refractivity contribution >= 4 is 0 Å². The zero-order valence-electron chi connectivity index (χ0n) is 9.81. The van der Waals surface area contributed by atoms with Gasteiger partial charge in [0.15, 0.2) is 0 Å². The van der Waals surface area contributed by atoms with Crippen LogP contribution in [0.2, 0.25) is 0 Å². The summed E-state index contributed by atoms with van der Waals surface area (Å²) < 4.78 is 0. The average molecular weight is 198 g/mol. The third kappa shape index (κ3) is 8.27. The fraction of sp³-hybridized carbons (Fsp3) is 0.833. The van der Waals surface area contributed by atoms with Gasteiger partial charge in [-0.15, -0.1) is 6.58 Å². The van der Waals surface area contributed by atoms with E-state index in [0.717, 1.165) is 19.1 Å². The van der Waals surface area contributed by atoms with Crippen LogP contribution in [0, 0.1) is 0 Å². The van der Waals surface area contributed by atoms with Gasteiger partial charge in [0.05, 0.1) is 0 Å². The van der Waals surface area contributed by atoms with Crippen molar-refractivity contribution < 1.29 is 0 Å². The van der Waals surface area contributed by atoms with Crippen LogP contribution in [0.1, 0.15) is 39.5 Å². The monoisotopic (exact) mass is 198 g/mol. The summed E-state index contributed by atoms with van der Waals surface area (Å²) in [5.41, 5.74) is 0. The van der Waals surface area contributed by atoms with Crippen LogP contribution in [0.3, 0.4) is 0 Å². The Hall–Kier alpha value is -0.340. The lowest BCUT2D eigenvalue weighted by molar-refractivity contribution is 0.388. The van der Waals surface area contributed by atoms with Crippen LogP contribution in [0.15, 0.2) is 12.7 Å². The van der Waals surface area contributed by atoms with E-state index in [-0.39, 0.29) is 0 Å². The van der Waals surface area contributed by atoms with Crippen molar-refractivity contribution in [1.29, 1.82) is 0 Å². The van der Waals surface area contributed by atoms with Gasteiger partial charge in [0, 0.05) is 25.7 Å². The molecule has 2 N–H and O–H groups in total. The molecular weight excluding hydrogens is 172 g/mol. The predicted octanol–water partition coefficient (Wildman–Crippen LogP) is 2.32. The van der Waals surface area contributed by atoms with Gasteiger partial charge in [-0.05, 0) is 13.3 Å². The van der Waals surface area contributed by atoms with Crippen molar-refractivity contribution in [1.82, 2.24) is 10.6 Å². The first kappa shape index (κ1) is 13.7. The van der Waals surface area contributed by atoms with Crippen LogP contribution < -0.4 is 10.6 Å². The molecule has 1 aliphatic heterocycles. The largest absolute Gasteiger partial charge is 0.314 e. The third-order valence-corrected chi connectivity index (χ3v) is 2.28. The maximum atomic E-state index is 3.52. The quantitative estimate of drug-likeness (QED) is 0.535. The number of rotatable bonds is 4. The fourth-order valence-electron chi connectivity index (χ4n) is 1.56. The van der Waals surface area contributed by atoms with Crippen molar-refractivity contribution in [2.24, 2.45) is 0 Å². The average Bonchev–Trinajstić information content (AvgIpc) is 2.21. The van der Waals surface area contributed by atoms with E-state index < -0.39 is 0 Å². The number of allylic oxidation sites excluding steroid dienone is 1. The predicted molar refractivity (Wildman–Crippen MR) is 64.7 cm³/mol. The van der Waals surface area contributed by atoms with Crippen molar-refractivity contribution in [3.8, 4) is 0 Å². The molecule has 0 amide bonds. The molecular formula is C12H26N2. The number of piperazine rings is 1.